The average molecular weight is 321 g/mol. The summed E-state index contributed by atoms with van der Waals surface area (Å²) in [5.74, 6) is 0.446. The SMILES string of the molecule is Cc1cccc(C)c1OCC(=O)N/N=C\c1c[nH]c2ccccc12. The Bertz CT molecular complexity index is 876. The Balaban J connectivity index is 1.58. The van der Waals surface area contributed by atoms with Crippen LogP contribution in [0.5, 0.6) is 5.75 Å². The van der Waals surface area contributed by atoms with Crippen LogP contribution in [0.3, 0.4) is 0 Å². The van der Waals surface area contributed by atoms with E-state index in [4.69, 9.17) is 4.74 Å². The van der Waals surface area contributed by atoms with Crippen LogP contribution in [0.25, 0.3) is 10.9 Å². The molecule has 0 saturated heterocycles. The molecule has 2 N–H and O–H groups in total. The zero-order valence-electron chi connectivity index (χ0n) is 13.7. The van der Waals surface area contributed by atoms with Gasteiger partial charge >= 0.3 is 0 Å². The summed E-state index contributed by atoms with van der Waals surface area (Å²) in [6, 6.07) is 13.8. The van der Waals surface area contributed by atoms with Crippen LogP contribution in [0.2, 0.25) is 0 Å². The van der Waals surface area contributed by atoms with Crippen molar-refractivity contribution in [3.8, 4) is 5.75 Å². The van der Waals surface area contributed by atoms with Gasteiger partial charge in [0, 0.05) is 22.7 Å². The number of nitrogens with one attached hydrogen (secondary N) is 2. The van der Waals surface area contributed by atoms with Gasteiger partial charge in [-0.25, -0.2) is 5.43 Å². The van der Waals surface area contributed by atoms with E-state index in [0.29, 0.717) is 0 Å². The third kappa shape index (κ3) is 3.46. The molecule has 0 spiro atoms. The number of ether oxygens (including phenoxy) is 1. The van der Waals surface area contributed by atoms with E-state index >= 15 is 0 Å². The first-order valence-electron chi connectivity index (χ1n) is 7.72. The van der Waals surface area contributed by atoms with Crippen molar-refractivity contribution in [2.24, 2.45) is 5.10 Å². The van der Waals surface area contributed by atoms with Gasteiger partial charge in [-0.2, -0.15) is 5.10 Å². The summed E-state index contributed by atoms with van der Waals surface area (Å²) in [5, 5.41) is 5.05. The number of carbonyl (C=O) groups is 1. The first kappa shape index (κ1) is 15.8. The van der Waals surface area contributed by atoms with Gasteiger partial charge in [0.2, 0.25) is 0 Å². The number of hydrogen-bond acceptors (Lipinski definition) is 3. The summed E-state index contributed by atoms with van der Waals surface area (Å²) in [4.78, 5) is 15.0. The lowest BCUT2D eigenvalue weighted by molar-refractivity contribution is -0.123. The number of carbonyl (C=O) groups excluding carboxylic acids is 1. The molecule has 0 radical (unpaired) electrons. The van der Waals surface area contributed by atoms with Crippen LogP contribution in [-0.4, -0.2) is 23.7 Å². The van der Waals surface area contributed by atoms with Gasteiger partial charge in [0.05, 0.1) is 6.21 Å². The van der Waals surface area contributed by atoms with Crippen molar-refractivity contribution >= 4 is 23.0 Å². The molecule has 122 valence electrons. The molecule has 1 aromatic heterocycles. The van der Waals surface area contributed by atoms with Crippen molar-refractivity contribution < 1.29 is 9.53 Å². The normalized spacial score (nSPS) is 11.1. The molecule has 0 unspecified atom stereocenters. The van der Waals surface area contributed by atoms with Gasteiger partial charge in [0.15, 0.2) is 6.61 Å². The Kier molecular flexibility index (Phi) is 4.61. The molecule has 5 nitrogen and oxygen atoms in total. The van der Waals surface area contributed by atoms with E-state index in [0.717, 1.165) is 33.3 Å². The molecule has 0 bridgehead atoms. The van der Waals surface area contributed by atoms with Crippen LogP contribution in [0.1, 0.15) is 16.7 Å². The molecule has 1 amide bonds. The number of fused-ring (bicyclic) bond motifs is 1. The lowest BCUT2D eigenvalue weighted by Crippen LogP contribution is -2.25. The smallest absolute Gasteiger partial charge is 0.277 e. The number of benzene rings is 2. The van der Waals surface area contributed by atoms with Crippen LogP contribution >= 0.6 is 0 Å². The number of amides is 1. The zero-order chi connectivity index (χ0) is 16.9. The first-order valence-corrected chi connectivity index (χ1v) is 7.72. The predicted molar refractivity (Wildman–Crippen MR) is 95.4 cm³/mol. The number of aromatic nitrogens is 1. The summed E-state index contributed by atoms with van der Waals surface area (Å²) in [6.45, 7) is 3.84. The van der Waals surface area contributed by atoms with Crippen molar-refractivity contribution in [3.05, 3.63) is 65.4 Å². The molecule has 0 aliphatic carbocycles. The maximum absolute atomic E-state index is 11.9. The van der Waals surface area contributed by atoms with Crippen LogP contribution < -0.4 is 10.2 Å². The van der Waals surface area contributed by atoms with E-state index in [1.165, 1.54) is 0 Å². The topological polar surface area (TPSA) is 66.5 Å². The highest BCUT2D eigenvalue weighted by Crippen LogP contribution is 2.22. The fourth-order valence-electron chi connectivity index (χ4n) is 2.57. The van der Waals surface area contributed by atoms with E-state index in [1.807, 2.05) is 62.5 Å². The molecule has 1 heterocycles. The quantitative estimate of drug-likeness (QED) is 0.559. The Labute approximate surface area is 140 Å². The molecule has 0 atom stereocenters. The molecule has 0 saturated carbocycles. The van der Waals surface area contributed by atoms with E-state index in [-0.39, 0.29) is 12.5 Å². The number of rotatable bonds is 5. The fraction of sp³-hybridized carbons (Fsp3) is 0.158. The highest BCUT2D eigenvalue weighted by Gasteiger charge is 2.06. The van der Waals surface area contributed by atoms with Crippen molar-refractivity contribution in [2.45, 2.75) is 13.8 Å². The van der Waals surface area contributed by atoms with E-state index in [1.54, 1.807) is 6.21 Å². The Hall–Kier alpha value is -3.08. The highest BCUT2D eigenvalue weighted by molar-refractivity contribution is 5.99. The van der Waals surface area contributed by atoms with Gasteiger partial charge in [-0.3, -0.25) is 4.79 Å². The standard InChI is InChI=1S/C19H19N3O2/c1-13-6-5-7-14(2)19(13)24-12-18(23)22-21-11-15-10-20-17-9-4-3-8-16(15)17/h3-11,20H,12H2,1-2H3,(H,22,23)/b21-11-. The lowest BCUT2D eigenvalue weighted by atomic mass is 10.1. The molecule has 2 aromatic carbocycles. The molecule has 0 fully saturated rings. The molecule has 24 heavy (non-hydrogen) atoms. The van der Waals surface area contributed by atoms with Crippen LogP contribution in [0.15, 0.2) is 53.8 Å². The van der Waals surface area contributed by atoms with Crippen LogP contribution in [0, 0.1) is 13.8 Å². The number of hydrazone groups is 1. The Morgan fingerprint density at radius 1 is 1.17 bits per heavy atom. The van der Waals surface area contributed by atoms with Gasteiger partial charge in [-0.15, -0.1) is 0 Å². The Morgan fingerprint density at radius 2 is 1.92 bits per heavy atom. The average Bonchev–Trinajstić information content (AvgIpc) is 2.98. The second kappa shape index (κ2) is 7.00. The number of H-pyrrole nitrogens is 1. The van der Waals surface area contributed by atoms with Crippen molar-refractivity contribution in [3.63, 3.8) is 0 Å². The van der Waals surface area contributed by atoms with Crippen LogP contribution in [-0.2, 0) is 4.79 Å². The summed E-state index contributed by atoms with van der Waals surface area (Å²) in [7, 11) is 0. The third-order valence-corrected chi connectivity index (χ3v) is 3.77. The molecule has 0 aliphatic heterocycles. The molecular weight excluding hydrogens is 302 g/mol. The summed E-state index contributed by atoms with van der Waals surface area (Å²) < 4.78 is 5.60. The number of aromatic amines is 1. The predicted octanol–water partition coefficient (Wildman–Crippen LogP) is 3.31. The second-order valence-corrected chi connectivity index (χ2v) is 5.59. The van der Waals surface area contributed by atoms with E-state index in [2.05, 4.69) is 15.5 Å². The van der Waals surface area contributed by atoms with Gasteiger partial charge in [0.25, 0.3) is 5.91 Å². The molecular formula is C19H19N3O2. The van der Waals surface area contributed by atoms with Crippen LogP contribution in [0.4, 0.5) is 0 Å². The molecule has 0 aliphatic rings. The van der Waals surface area contributed by atoms with E-state index in [9.17, 15) is 4.79 Å². The maximum Gasteiger partial charge on any atom is 0.277 e. The number of aryl methyl sites for hydroxylation is 2. The number of para-hydroxylation sites is 2. The van der Waals surface area contributed by atoms with Gasteiger partial charge in [-0.05, 0) is 31.0 Å². The lowest BCUT2D eigenvalue weighted by Gasteiger charge is -2.10. The number of nitrogens with zero attached hydrogens (tertiary/aromatic N) is 1. The highest BCUT2D eigenvalue weighted by atomic mass is 16.5. The first-order chi connectivity index (χ1) is 11.6. The molecule has 3 rings (SSSR count). The summed E-state index contributed by atoms with van der Waals surface area (Å²) >= 11 is 0. The van der Waals surface area contributed by atoms with Gasteiger partial charge < -0.3 is 9.72 Å². The summed E-state index contributed by atoms with van der Waals surface area (Å²) in [6.07, 6.45) is 3.48. The zero-order valence-corrected chi connectivity index (χ0v) is 13.7. The summed E-state index contributed by atoms with van der Waals surface area (Å²) in [5.41, 5.74) is 6.45. The third-order valence-electron chi connectivity index (χ3n) is 3.77. The van der Waals surface area contributed by atoms with Gasteiger partial charge in [-0.1, -0.05) is 36.4 Å². The van der Waals surface area contributed by atoms with Crippen molar-refractivity contribution in [2.75, 3.05) is 6.61 Å². The molecule has 3 aromatic rings. The largest absolute Gasteiger partial charge is 0.483 e. The minimum atomic E-state index is -0.297. The molecule has 5 heteroatoms. The van der Waals surface area contributed by atoms with E-state index < -0.39 is 0 Å². The monoisotopic (exact) mass is 321 g/mol. The van der Waals surface area contributed by atoms with Crippen molar-refractivity contribution in [1.29, 1.82) is 0 Å². The maximum atomic E-state index is 11.9. The fourth-order valence-corrected chi connectivity index (χ4v) is 2.57. The van der Waals surface area contributed by atoms with Crippen molar-refractivity contribution in [1.82, 2.24) is 10.4 Å². The minimum absolute atomic E-state index is 0.0725. The second-order valence-electron chi connectivity index (χ2n) is 5.59. The Morgan fingerprint density at radius 3 is 2.71 bits per heavy atom. The minimum Gasteiger partial charge on any atom is -0.483 e. The number of hydrogen-bond donors (Lipinski definition) is 2. The van der Waals surface area contributed by atoms with Gasteiger partial charge in [0.1, 0.15) is 5.75 Å².